The molecule has 0 saturated heterocycles. The number of carboxylic acids is 2. The number of amides is 1. The van der Waals surface area contributed by atoms with Gasteiger partial charge < -0.3 is 19.6 Å². The van der Waals surface area contributed by atoms with Crippen molar-refractivity contribution in [1.82, 2.24) is 10.1 Å². The van der Waals surface area contributed by atoms with Gasteiger partial charge in [0.1, 0.15) is 18.8 Å². The molecule has 0 aromatic carbocycles. The highest BCUT2D eigenvalue weighted by molar-refractivity contribution is 5.85. The number of aryl methyl sites for hydroxylation is 2. The third kappa shape index (κ3) is 4.38. The Labute approximate surface area is 115 Å². The molecule has 20 heavy (non-hydrogen) atoms. The van der Waals surface area contributed by atoms with Gasteiger partial charge in [-0.15, -0.1) is 0 Å². The lowest BCUT2D eigenvalue weighted by molar-refractivity contribution is -0.149. The summed E-state index contributed by atoms with van der Waals surface area (Å²) in [6.45, 7) is 2.19. The van der Waals surface area contributed by atoms with Crippen LogP contribution in [0.15, 0.2) is 4.52 Å². The Morgan fingerprint density at radius 2 is 1.70 bits per heavy atom. The van der Waals surface area contributed by atoms with Gasteiger partial charge in [0.25, 0.3) is 0 Å². The minimum atomic E-state index is -1.25. The van der Waals surface area contributed by atoms with Crippen LogP contribution in [0.5, 0.6) is 0 Å². The van der Waals surface area contributed by atoms with E-state index in [1.165, 1.54) is 0 Å². The van der Waals surface area contributed by atoms with E-state index in [4.69, 9.17) is 14.7 Å². The van der Waals surface area contributed by atoms with Gasteiger partial charge in [-0.1, -0.05) is 5.16 Å². The fraction of sp³-hybridized carbons (Fsp3) is 0.500. The van der Waals surface area contributed by atoms with Crippen LogP contribution < -0.4 is 0 Å². The predicted octanol–water partition coefficient (Wildman–Crippen LogP) is 0.222. The van der Waals surface area contributed by atoms with Gasteiger partial charge in [0, 0.05) is 12.0 Å². The van der Waals surface area contributed by atoms with Crippen molar-refractivity contribution < 1.29 is 29.1 Å². The number of carboxylic acid groups (broad SMARTS) is 2. The first-order valence-corrected chi connectivity index (χ1v) is 5.94. The molecule has 1 aromatic rings. The molecular weight excluding hydrogens is 268 g/mol. The topological polar surface area (TPSA) is 121 Å². The summed E-state index contributed by atoms with van der Waals surface area (Å²) in [5.41, 5.74) is 1.45. The van der Waals surface area contributed by atoms with E-state index in [2.05, 4.69) is 5.16 Å². The maximum absolute atomic E-state index is 11.9. The number of aliphatic carboxylic acids is 2. The summed E-state index contributed by atoms with van der Waals surface area (Å²) in [6.07, 6.45) is 0.333. The largest absolute Gasteiger partial charge is 0.480 e. The molecule has 0 saturated carbocycles. The Hall–Kier alpha value is -2.38. The average molecular weight is 284 g/mol. The Balaban J connectivity index is 2.66. The van der Waals surface area contributed by atoms with Crippen molar-refractivity contribution in [3.8, 4) is 0 Å². The summed E-state index contributed by atoms with van der Waals surface area (Å²) in [5, 5.41) is 21.1. The van der Waals surface area contributed by atoms with E-state index in [-0.39, 0.29) is 6.42 Å². The summed E-state index contributed by atoms with van der Waals surface area (Å²) in [5.74, 6) is -2.44. The fourth-order valence-corrected chi connectivity index (χ4v) is 1.81. The maximum atomic E-state index is 11.9. The van der Waals surface area contributed by atoms with Gasteiger partial charge >= 0.3 is 11.9 Å². The number of carbonyl (C=O) groups is 3. The minimum Gasteiger partial charge on any atom is -0.480 e. The molecule has 8 heteroatoms. The number of nitrogens with zero attached hydrogens (tertiary/aromatic N) is 2. The van der Waals surface area contributed by atoms with Crippen LogP contribution in [0.3, 0.4) is 0 Å². The SMILES string of the molecule is Cc1noc(C)c1CCC(=O)N(CC(=O)O)CC(=O)O. The summed E-state index contributed by atoms with van der Waals surface area (Å²) in [4.78, 5) is 33.9. The lowest BCUT2D eigenvalue weighted by atomic mass is 10.1. The summed E-state index contributed by atoms with van der Waals surface area (Å²) < 4.78 is 4.95. The summed E-state index contributed by atoms with van der Waals surface area (Å²) in [7, 11) is 0. The molecule has 0 spiro atoms. The highest BCUT2D eigenvalue weighted by atomic mass is 16.5. The quantitative estimate of drug-likeness (QED) is 0.734. The Kier molecular flexibility index (Phi) is 5.24. The first kappa shape index (κ1) is 15.7. The van der Waals surface area contributed by atoms with E-state index in [0.717, 1.165) is 10.5 Å². The zero-order chi connectivity index (χ0) is 15.3. The highest BCUT2D eigenvalue weighted by Gasteiger charge is 2.20. The molecule has 0 aliphatic rings. The van der Waals surface area contributed by atoms with Crippen LogP contribution in [0, 0.1) is 13.8 Å². The lowest BCUT2D eigenvalue weighted by Crippen LogP contribution is -2.39. The maximum Gasteiger partial charge on any atom is 0.323 e. The van der Waals surface area contributed by atoms with Gasteiger partial charge in [-0.25, -0.2) is 0 Å². The molecule has 0 aliphatic carbocycles. The van der Waals surface area contributed by atoms with E-state index in [1.807, 2.05) is 0 Å². The molecule has 0 fully saturated rings. The van der Waals surface area contributed by atoms with E-state index in [1.54, 1.807) is 13.8 Å². The Morgan fingerprint density at radius 3 is 2.10 bits per heavy atom. The molecule has 0 atom stereocenters. The molecule has 1 rings (SSSR count). The molecular formula is C12H16N2O6. The molecule has 1 heterocycles. The molecule has 0 bridgehead atoms. The van der Waals surface area contributed by atoms with Gasteiger partial charge in [-0.3, -0.25) is 14.4 Å². The second-order valence-electron chi connectivity index (χ2n) is 4.34. The molecule has 110 valence electrons. The van der Waals surface area contributed by atoms with Crippen molar-refractivity contribution in [1.29, 1.82) is 0 Å². The van der Waals surface area contributed by atoms with Crippen molar-refractivity contribution in [2.45, 2.75) is 26.7 Å². The van der Waals surface area contributed by atoms with Crippen molar-refractivity contribution in [3.63, 3.8) is 0 Å². The van der Waals surface area contributed by atoms with Crippen LogP contribution in [0.2, 0.25) is 0 Å². The van der Waals surface area contributed by atoms with E-state index >= 15 is 0 Å². The third-order valence-electron chi connectivity index (χ3n) is 2.78. The monoisotopic (exact) mass is 284 g/mol. The van der Waals surface area contributed by atoms with Gasteiger partial charge in [0.15, 0.2) is 0 Å². The Morgan fingerprint density at radius 1 is 1.15 bits per heavy atom. The fourth-order valence-electron chi connectivity index (χ4n) is 1.81. The molecule has 0 unspecified atom stereocenters. The molecule has 2 N–H and O–H groups in total. The van der Waals surface area contributed by atoms with Gasteiger partial charge in [0.05, 0.1) is 5.69 Å². The van der Waals surface area contributed by atoms with Crippen LogP contribution in [0.1, 0.15) is 23.4 Å². The zero-order valence-corrected chi connectivity index (χ0v) is 11.3. The minimum absolute atomic E-state index is 0.00343. The van der Waals surface area contributed by atoms with E-state index in [9.17, 15) is 14.4 Å². The second-order valence-corrected chi connectivity index (χ2v) is 4.34. The molecule has 0 aliphatic heterocycles. The molecule has 8 nitrogen and oxygen atoms in total. The smallest absolute Gasteiger partial charge is 0.323 e. The van der Waals surface area contributed by atoms with E-state index < -0.39 is 30.9 Å². The van der Waals surface area contributed by atoms with Crippen LogP contribution in [0.25, 0.3) is 0 Å². The van der Waals surface area contributed by atoms with Crippen molar-refractivity contribution >= 4 is 17.8 Å². The van der Waals surface area contributed by atoms with Gasteiger partial charge in [0.2, 0.25) is 5.91 Å². The Bertz CT molecular complexity index is 487. The number of hydrogen-bond acceptors (Lipinski definition) is 5. The van der Waals surface area contributed by atoms with Crippen molar-refractivity contribution in [2.24, 2.45) is 0 Å². The lowest BCUT2D eigenvalue weighted by Gasteiger charge is -2.18. The van der Waals surface area contributed by atoms with Crippen LogP contribution in [0.4, 0.5) is 0 Å². The number of rotatable bonds is 7. The molecule has 1 aromatic heterocycles. The first-order chi connectivity index (χ1) is 9.31. The van der Waals surface area contributed by atoms with Crippen LogP contribution >= 0.6 is 0 Å². The molecule has 1 amide bonds. The number of hydrogen-bond donors (Lipinski definition) is 2. The standard InChI is InChI=1S/C12H16N2O6/c1-7-9(8(2)20-13-7)3-4-10(15)14(5-11(16)17)6-12(18)19/h3-6H2,1-2H3,(H,16,17)(H,18,19). The first-order valence-electron chi connectivity index (χ1n) is 5.94. The zero-order valence-electron chi connectivity index (χ0n) is 11.3. The van der Waals surface area contributed by atoms with Crippen LogP contribution in [-0.2, 0) is 20.8 Å². The third-order valence-corrected chi connectivity index (χ3v) is 2.78. The highest BCUT2D eigenvalue weighted by Crippen LogP contribution is 2.14. The predicted molar refractivity (Wildman–Crippen MR) is 66.1 cm³/mol. The normalized spacial score (nSPS) is 10.3. The van der Waals surface area contributed by atoms with Gasteiger partial charge in [-0.05, 0) is 20.3 Å². The van der Waals surface area contributed by atoms with Crippen molar-refractivity contribution in [2.75, 3.05) is 13.1 Å². The molecule has 0 radical (unpaired) electrons. The van der Waals surface area contributed by atoms with Gasteiger partial charge in [-0.2, -0.15) is 0 Å². The number of carbonyl (C=O) groups excluding carboxylic acids is 1. The van der Waals surface area contributed by atoms with E-state index in [0.29, 0.717) is 17.9 Å². The second kappa shape index (κ2) is 6.69. The average Bonchev–Trinajstić information content (AvgIpc) is 2.64. The van der Waals surface area contributed by atoms with Crippen molar-refractivity contribution in [3.05, 3.63) is 17.0 Å². The van der Waals surface area contributed by atoms with Crippen LogP contribution in [-0.4, -0.2) is 51.2 Å². The number of aromatic nitrogens is 1. The summed E-state index contributed by atoms with van der Waals surface area (Å²) in [6, 6.07) is 0. The summed E-state index contributed by atoms with van der Waals surface area (Å²) >= 11 is 0.